The molecular weight excluding hydrogens is 140 g/mol. The van der Waals surface area contributed by atoms with Crippen LogP contribution < -0.4 is 11.5 Å². The summed E-state index contributed by atoms with van der Waals surface area (Å²) in [5, 5.41) is 0. The van der Waals surface area contributed by atoms with E-state index in [-0.39, 0.29) is 5.95 Å². The minimum atomic E-state index is 0.258. The highest BCUT2D eigenvalue weighted by Gasteiger charge is 1.97. The van der Waals surface area contributed by atoms with E-state index in [0.29, 0.717) is 5.82 Å². The van der Waals surface area contributed by atoms with Crippen LogP contribution in [0.4, 0.5) is 11.8 Å². The fraction of sp³-hybridized carbons (Fsp3) is 0.429. The van der Waals surface area contributed by atoms with Crippen LogP contribution in [0.15, 0.2) is 6.07 Å². The van der Waals surface area contributed by atoms with Crippen molar-refractivity contribution in [3.05, 3.63) is 11.8 Å². The number of aromatic nitrogens is 2. The molecule has 0 aliphatic carbocycles. The summed E-state index contributed by atoms with van der Waals surface area (Å²) in [7, 11) is 0. The molecule has 11 heavy (non-hydrogen) atoms. The van der Waals surface area contributed by atoms with Crippen LogP contribution in [0.3, 0.4) is 0 Å². The first-order valence-corrected chi connectivity index (χ1v) is 3.61. The van der Waals surface area contributed by atoms with Gasteiger partial charge in [-0.15, -0.1) is 0 Å². The second-order valence-corrected chi connectivity index (χ2v) is 2.39. The molecule has 1 rings (SSSR count). The Labute approximate surface area is 65.6 Å². The average Bonchev–Trinajstić information content (AvgIpc) is 1.85. The van der Waals surface area contributed by atoms with Crippen molar-refractivity contribution in [1.29, 1.82) is 0 Å². The Balaban J connectivity index is 2.89. The van der Waals surface area contributed by atoms with E-state index in [2.05, 4.69) is 16.9 Å². The lowest BCUT2D eigenvalue weighted by atomic mass is 10.2. The van der Waals surface area contributed by atoms with Crippen LogP contribution in [0.5, 0.6) is 0 Å². The number of nitrogen functional groups attached to an aromatic ring is 2. The standard InChI is InChI=1S/C7H12N4/c1-2-3-5-4-6(8)11-7(9)10-5/h4H,2-3H2,1H3,(H4,8,9,10,11). The molecule has 0 aromatic carbocycles. The molecule has 0 spiro atoms. The number of nitrogens with two attached hydrogens (primary N) is 2. The predicted octanol–water partition coefficient (Wildman–Crippen LogP) is 0.594. The van der Waals surface area contributed by atoms with Crippen LogP contribution in [0.2, 0.25) is 0 Å². The Morgan fingerprint density at radius 3 is 2.64 bits per heavy atom. The van der Waals surface area contributed by atoms with Gasteiger partial charge in [-0.3, -0.25) is 0 Å². The predicted molar refractivity (Wildman–Crippen MR) is 44.9 cm³/mol. The molecule has 0 bridgehead atoms. The van der Waals surface area contributed by atoms with Gasteiger partial charge in [-0.2, -0.15) is 4.98 Å². The highest BCUT2D eigenvalue weighted by Crippen LogP contribution is 2.05. The molecular formula is C7H12N4. The quantitative estimate of drug-likeness (QED) is 0.650. The second kappa shape index (κ2) is 3.18. The minimum Gasteiger partial charge on any atom is -0.384 e. The monoisotopic (exact) mass is 152 g/mol. The molecule has 4 heteroatoms. The smallest absolute Gasteiger partial charge is 0.222 e. The maximum Gasteiger partial charge on any atom is 0.222 e. The Bertz CT molecular complexity index is 226. The van der Waals surface area contributed by atoms with Gasteiger partial charge in [0.15, 0.2) is 0 Å². The van der Waals surface area contributed by atoms with Crippen LogP contribution in [-0.4, -0.2) is 9.97 Å². The largest absolute Gasteiger partial charge is 0.384 e. The third-order valence-corrected chi connectivity index (χ3v) is 1.32. The van der Waals surface area contributed by atoms with Gasteiger partial charge in [0, 0.05) is 11.8 Å². The van der Waals surface area contributed by atoms with Crippen molar-refractivity contribution in [2.75, 3.05) is 11.5 Å². The molecule has 0 aliphatic heterocycles. The molecule has 0 radical (unpaired) electrons. The lowest BCUT2D eigenvalue weighted by Crippen LogP contribution is -2.02. The van der Waals surface area contributed by atoms with Crippen molar-refractivity contribution in [1.82, 2.24) is 9.97 Å². The lowest BCUT2D eigenvalue weighted by molar-refractivity contribution is 0.878. The summed E-state index contributed by atoms with van der Waals surface area (Å²) >= 11 is 0. The molecule has 0 fully saturated rings. The molecule has 0 atom stereocenters. The van der Waals surface area contributed by atoms with Crippen LogP contribution >= 0.6 is 0 Å². The average molecular weight is 152 g/mol. The van der Waals surface area contributed by atoms with Crippen LogP contribution in [0.25, 0.3) is 0 Å². The summed E-state index contributed by atoms with van der Waals surface area (Å²) in [4.78, 5) is 7.77. The van der Waals surface area contributed by atoms with Crippen molar-refractivity contribution in [2.45, 2.75) is 19.8 Å². The molecule has 1 heterocycles. The van der Waals surface area contributed by atoms with E-state index in [9.17, 15) is 0 Å². The summed E-state index contributed by atoms with van der Waals surface area (Å²) in [5.41, 5.74) is 11.8. The summed E-state index contributed by atoms with van der Waals surface area (Å²) in [6.45, 7) is 2.08. The highest BCUT2D eigenvalue weighted by atomic mass is 15.0. The topological polar surface area (TPSA) is 77.8 Å². The summed E-state index contributed by atoms with van der Waals surface area (Å²) in [5.74, 6) is 0.703. The minimum absolute atomic E-state index is 0.258. The molecule has 1 aromatic rings. The SMILES string of the molecule is CCCc1cc(N)nc(N)n1. The van der Waals surface area contributed by atoms with Gasteiger partial charge in [0.2, 0.25) is 5.95 Å². The fourth-order valence-corrected chi connectivity index (χ4v) is 0.924. The van der Waals surface area contributed by atoms with E-state index >= 15 is 0 Å². The van der Waals surface area contributed by atoms with E-state index in [0.717, 1.165) is 18.5 Å². The number of anilines is 2. The highest BCUT2D eigenvalue weighted by molar-refractivity contribution is 5.35. The second-order valence-electron chi connectivity index (χ2n) is 2.39. The molecule has 0 saturated heterocycles. The van der Waals surface area contributed by atoms with Crippen LogP contribution in [0, 0.1) is 0 Å². The lowest BCUT2D eigenvalue weighted by Gasteiger charge is -1.99. The van der Waals surface area contributed by atoms with E-state index in [1.54, 1.807) is 6.07 Å². The van der Waals surface area contributed by atoms with Gasteiger partial charge in [-0.05, 0) is 6.42 Å². The first kappa shape index (κ1) is 7.78. The van der Waals surface area contributed by atoms with Crippen molar-refractivity contribution in [2.24, 2.45) is 0 Å². The summed E-state index contributed by atoms with van der Waals surface area (Å²) in [6.07, 6.45) is 1.94. The van der Waals surface area contributed by atoms with E-state index in [1.807, 2.05) is 0 Å². The maximum absolute atomic E-state index is 5.46. The zero-order valence-corrected chi connectivity index (χ0v) is 6.54. The van der Waals surface area contributed by atoms with Crippen molar-refractivity contribution in [3.63, 3.8) is 0 Å². The van der Waals surface area contributed by atoms with Gasteiger partial charge >= 0.3 is 0 Å². The van der Waals surface area contributed by atoms with Gasteiger partial charge < -0.3 is 11.5 Å². The number of aryl methyl sites for hydroxylation is 1. The fourth-order valence-electron chi connectivity index (χ4n) is 0.924. The molecule has 60 valence electrons. The first-order chi connectivity index (χ1) is 5.22. The van der Waals surface area contributed by atoms with Crippen LogP contribution in [0.1, 0.15) is 19.0 Å². The molecule has 0 saturated carbocycles. The maximum atomic E-state index is 5.46. The van der Waals surface area contributed by atoms with E-state index in [1.165, 1.54) is 0 Å². The first-order valence-electron chi connectivity index (χ1n) is 3.61. The third-order valence-electron chi connectivity index (χ3n) is 1.32. The van der Waals surface area contributed by atoms with Crippen molar-refractivity contribution < 1.29 is 0 Å². The van der Waals surface area contributed by atoms with E-state index in [4.69, 9.17) is 11.5 Å². The van der Waals surface area contributed by atoms with Gasteiger partial charge in [0.1, 0.15) is 5.82 Å². The van der Waals surface area contributed by atoms with Gasteiger partial charge in [0.25, 0.3) is 0 Å². The van der Waals surface area contributed by atoms with Crippen molar-refractivity contribution >= 4 is 11.8 Å². The van der Waals surface area contributed by atoms with Gasteiger partial charge in [0.05, 0.1) is 0 Å². The molecule has 0 amide bonds. The third kappa shape index (κ3) is 2.07. The van der Waals surface area contributed by atoms with Gasteiger partial charge in [-0.25, -0.2) is 4.98 Å². The number of hydrogen-bond donors (Lipinski definition) is 2. The Morgan fingerprint density at radius 1 is 1.36 bits per heavy atom. The number of hydrogen-bond acceptors (Lipinski definition) is 4. The van der Waals surface area contributed by atoms with Gasteiger partial charge in [-0.1, -0.05) is 13.3 Å². The molecule has 0 unspecified atom stereocenters. The normalized spacial score (nSPS) is 9.91. The van der Waals surface area contributed by atoms with Crippen molar-refractivity contribution in [3.8, 4) is 0 Å². The Kier molecular flexibility index (Phi) is 2.25. The Hall–Kier alpha value is -1.32. The molecule has 0 aliphatic rings. The summed E-state index contributed by atoms with van der Waals surface area (Å²) in [6, 6.07) is 1.75. The number of nitrogens with zero attached hydrogens (tertiary/aromatic N) is 2. The zero-order chi connectivity index (χ0) is 8.27. The molecule has 4 N–H and O–H groups in total. The molecule has 1 aromatic heterocycles. The number of rotatable bonds is 2. The molecule has 4 nitrogen and oxygen atoms in total. The van der Waals surface area contributed by atoms with Crippen LogP contribution in [-0.2, 0) is 6.42 Å². The summed E-state index contributed by atoms with van der Waals surface area (Å²) < 4.78 is 0. The zero-order valence-electron chi connectivity index (χ0n) is 6.54. The Morgan fingerprint density at radius 2 is 2.09 bits per heavy atom. The van der Waals surface area contributed by atoms with E-state index < -0.39 is 0 Å².